The Hall–Kier alpha value is -3.01. The molecule has 0 radical (unpaired) electrons. The predicted octanol–water partition coefficient (Wildman–Crippen LogP) is 2.93. The molecule has 0 atom stereocenters. The summed E-state index contributed by atoms with van der Waals surface area (Å²) in [6.45, 7) is 0. The fourth-order valence-electron chi connectivity index (χ4n) is 2.28. The molecule has 0 aliphatic carbocycles. The van der Waals surface area contributed by atoms with Crippen LogP contribution in [0.4, 0.5) is 0 Å². The minimum absolute atomic E-state index is 0.150. The molecule has 4 heteroatoms. The van der Waals surface area contributed by atoms with Crippen LogP contribution in [0.3, 0.4) is 0 Å². The Bertz CT molecular complexity index is 807. The van der Waals surface area contributed by atoms with E-state index in [4.69, 9.17) is 0 Å². The van der Waals surface area contributed by atoms with Gasteiger partial charge in [-0.1, -0.05) is 48.5 Å². The van der Waals surface area contributed by atoms with Gasteiger partial charge in [-0.2, -0.15) is 5.10 Å². The van der Waals surface area contributed by atoms with Crippen LogP contribution < -0.4 is 5.43 Å². The number of rotatable bonds is 4. The highest BCUT2D eigenvalue weighted by Gasteiger charge is 2.05. The number of fused-ring (bicyclic) bond motifs is 1. The first-order valence-corrected chi connectivity index (χ1v) is 7.02. The van der Waals surface area contributed by atoms with E-state index >= 15 is 0 Å². The highest BCUT2D eigenvalue weighted by atomic mass is 16.2. The molecule has 0 fully saturated rings. The van der Waals surface area contributed by atoms with E-state index in [0.29, 0.717) is 12.1 Å². The Kier molecular flexibility index (Phi) is 4.20. The van der Waals surface area contributed by atoms with E-state index in [2.05, 4.69) is 15.5 Å². The summed E-state index contributed by atoms with van der Waals surface area (Å²) in [5, 5.41) is 6.15. The van der Waals surface area contributed by atoms with Crippen LogP contribution in [0, 0.1) is 0 Å². The van der Waals surface area contributed by atoms with Crippen molar-refractivity contribution < 1.29 is 4.79 Å². The van der Waals surface area contributed by atoms with Crippen molar-refractivity contribution in [2.45, 2.75) is 6.42 Å². The Morgan fingerprint density at radius 1 is 1.05 bits per heavy atom. The van der Waals surface area contributed by atoms with Crippen LogP contribution in [0.2, 0.25) is 0 Å². The van der Waals surface area contributed by atoms with Gasteiger partial charge in [-0.15, -0.1) is 0 Å². The van der Waals surface area contributed by atoms with Crippen LogP contribution in [0.25, 0.3) is 10.8 Å². The van der Waals surface area contributed by atoms with Gasteiger partial charge in [-0.05, 0) is 28.5 Å². The number of nitrogens with one attached hydrogen (secondary N) is 1. The summed E-state index contributed by atoms with van der Waals surface area (Å²) in [6.07, 6.45) is 3.50. The first-order valence-electron chi connectivity index (χ1n) is 7.02. The molecule has 3 rings (SSSR count). The lowest BCUT2D eigenvalue weighted by Crippen LogP contribution is -2.20. The first-order chi connectivity index (χ1) is 10.8. The standard InChI is InChI=1S/C18H15N3O/c22-18(21-20-13-16-9-3-4-11-19-16)12-15-8-5-7-14-6-1-2-10-17(14)15/h1-11,13H,12H2,(H,21,22)/b20-13-. The van der Waals surface area contributed by atoms with Crippen LogP contribution in [-0.4, -0.2) is 17.1 Å². The van der Waals surface area contributed by atoms with Crippen LogP contribution in [0.15, 0.2) is 72.0 Å². The molecule has 0 aliphatic heterocycles. The second-order valence-corrected chi connectivity index (χ2v) is 4.86. The molecule has 0 saturated carbocycles. The second kappa shape index (κ2) is 6.63. The largest absolute Gasteiger partial charge is 0.273 e. The van der Waals surface area contributed by atoms with E-state index in [0.717, 1.165) is 16.3 Å². The van der Waals surface area contributed by atoms with Gasteiger partial charge in [0.25, 0.3) is 0 Å². The van der Waals surface area contributed by atoms with E-state index in [9.17, 15) is 4.79 Å². The maximum absolute atomic E-state index is 12.0. The molecule has 3 aromatic rings. The van der Waals surface area contributed by atoms with Crippen LogP contribution in [0.1, 0.15) is 11.3 Å². The molecule has 108 valence electrons. The Morgan fingerprint density at radius 2 is 1.86 bits per heavy atom. The average Bonchev–Trinajstić information content (AvgIpc) is 2.56. The van der Waals surface area contributed by atoms with Gasteiger partial charge in [0.1, 0.15) is 0 Å². The number of hydrogen-bond acceptors (Lipinski definition) is 3. The van der Waals surface area contributed by atoms with Crippen molar-refractivity contribution >= 4 is 22.9 Å². The summed E-state index contributed by atoms with van der Waals surface area (Å²) < 4.78 is 0. The summed E-state index contributed by atoms with van der Waals surface area (Å²) in [5.41, 5.74) is 4.23. The fraction of sp³-hybridized carbons (Fsp3) is 0.0556. The quantitative estimate of drug-likeness (QED) is 0.593. The topological polar surface area (TPSA) is 54.4 Å². The highest BCUT2D eigenvalue weighted by Crippen LogP contribution is 2.18. The van der Waals surface area contributed by atoms with Gasteiger partial charge in [0.15, 0.2) is 0 Å². The third-order valence-corrected chi connectivity index (χ3v) is 3.30. The first kappa shape index (κ1) is 13.9. The summed E-state index contributed by atoms with van der Waals surface area (Å²) >= 11 is 0. The lowest BCUT2D eigenvalue weighted by atomic mass is 10.0. The molecule has 0 spiro atoms. The number of amides is 1. The zero-order valence-electron chi connectivity index (χ0n) is 11.9. The van der Waals surface area contributed by atoms with Crippen molar-refractivity contribution in [2.75, 3.05) is 0 Å². The number of nitrogens with zero attached hydrogens (tertiary/aromatic N) is 2. The van der Waals surface area contributed by atoms with E-state index < -0.39 is 0 Å². The van der Waals surface area contributed by atoms with Crippen LogP contribution >= 0.6 is 0 Å². The van der Waals surface area contributed by atoms with Gasteiger partial charge in [0.2, 0.25) is 5.91 Å². The minimum Gasteiger partial charge on any atom is -0.273 e. The summed E-state index contributed by atoms with van der Waals surface area (Å²) in [6, 6.07) is 19.5. The van der Waals surface area contributed by atoms with Crippen molar-refractivity contribution in [3.05, 3.63) is 78.1 Å². The van der Waals surface area contributed by atoms with Gasteiger partial charge in [-0.3, -0.25) is 9.78 Å². The molecule has 1 amide bonds. The fourth-order valence-corrected chi connectivity index (χ4v) is 2.28. The summed E-state index contributed by atoms with van der Waals surface area (Å²) in [5.74, 6) is -0.150. The Morgan fingerprint density at radius 3 is 2.73 bits per heavy atom. The number of pyridine rings is 1. The lowest BCUT2D eigenvalue weighted by molar-refractivity contribution is -0.120. The SMILES string of the molecule is O=C(Cc1cccc2ccccc12)N/N=C\c1ccccn1. The predicted molar refractivity (Wildman–Crippen MR) is 87.6 cm³/mol. The number of aromatic nitrogens is 1. The summed E-state index contributed by atoms with van der Waals surface area (Å²) in [7, 11) is 0. The molecule has 1 N–H and O–H groups in total. The molecule has 4 nitrogen and oxygen atoms in total. The zero-order chi connectivity index (χ0) is 15.2. The van der Waals surface area contributed by atoms with Crippen molar-refractivity contribution in [2.24, 2.45) is 5.10 Å². The average molecular weight is 289 g/mol. The Balaban J connectivity index is 1.67. The number of hydrogen-bond donors (Lipinski definition) is 1. The van der Waals surface area contributed by atoms with Crippen molar-refractivity contribution in [1.29, 1.82) is 0 Å². The molecular formula is C18H15N3O. The smallest absolute Gasteiger partial charge is 0.244 e. The van der Waals surface area contributed by atoms with Gasteiger partial charge in [-0.25, -0.2) is 5.43 Å². The van der Waals surface area contributed by atoms with Gasteiger partial charge < -0.3 is 0 Å². The van der Waals surface area contributed by atoms with Crippen molar-refractivity contribution in [3.63, 3.8) is 0 Å². The third kappa shape index (κ3) is 3.35. The molecule has 0 saturated heterocycles. The second-order valence-electron chi connectivity index (χ2n) is 4.86. The van der Waals surface area contributed by atoms with Gasteiger partial charge in [0, 0.05) is 6.20 Å². The molecule has 0 aliphatic rings. The van der Waals surface area contributed by atoms with E-state index in [1.807, 2.05) is 60.7 Å². The zero-order valence-corrected chi connectivity index (χ0v) is 11.9. The molecule has 1 heterocycles. The monoisotopic (exact) mass is 289 g/mol. The molecule has 0 bridgehead atoms. The van der Waals surface area contributed by atoms with E-state index in [1.54, 1.807) is 6.20 Å². The number of hydrazone groups is 1. The maximum Gasteiger partial charge on any atom is 0.244 e. The molecular weight excluding hydrogens is 274 g/mol. The van der Waals surface area contributed by atoms with Crippen molar-refractivity contribution in [3.8, 4) is 0 Å². The molecule has 1 aromatic heterocycles. The third-order valence-electron chi connectivity index (χ3n) is 3.30. The van der Waals surface area contributed by atoms with E-state index in [-0.39, 0.29) is 5.91 Å². The van der Waals surface area contributed by atoms with Crippen LogP contribution in [0.5, 0.6) is 0 Å². The normalized spacial score (nSPS) is 10.9. The summed E-state index contributed by atoms with van der Waals surface area (Å²) in [4.78, 5) is 16.1. The minimum atomic E-state index is -0.150. The number of carbonyl (C=O) groups excluding carboxylic acids is 1. The Labute approximate surface area is 128 Å². The molecule has 0 unspecified atom stereocenters. The number of benzene rings is 2. The molecule has 22 heavy (non-hydrogen) atoms. The maximum atomic E-state index is 12.0. The van der Waals surface area contributed by atoms with Gasteiger partial charge in [0.05, 0.1) is 18.3 Å². The number of carbonyl (C=O) groups is 1. The van der Waals surface area contributed by atoms with Crippen molar-refractivity contribution in [1.82, 2.24) is 10.4 Å². The van der Waals surface area contributed by atoms with Crippen LogP contribution in [-0.2, 0) is 11.2 Å². The van der Waals surface area contributed by atoms with E-state index in [1.165, 1.54) is 6.21 Å². The highest BCUT2D eigenvalue weighted by molar-refractivity contribution is 5.90. The lowest BCUT2D eigenvalue weighted by Gasteiger charge is -2.05. The molecule has 2 aromatic carbocycles. The van der Waals surface area contributed by atoms with Gasteiger partial charge >= 0.3 is 0 Å².